The Labute approximate surface area is 97.5 Å². The zero-order valence-corrected chi connectivity index (χ0v) is 9.78. The summed E-state index contributed by atoms with van der Waals surface area (Å²) in [5.74, 6) is 0. The minimum Gasteiger partial charge on any atom is -0.396 e. The Morgan fingerprint density at radius 2 is 2.00 bits per heavy atom. The predicted octanol–water partition coefficient (Wildman–Crippen LogP) is 2.34. The van der Waals surface area contributed by atoms with Crippen LogP contribution in [0.4, 0.5) is 0 Å². The minimum absolute atomic E-state index is 0.137. The van der Waals surface area contributed by atoms with Crippen molar-refractivity contribution < 1.29 is 5.11 Å². The fraction of sp³-hybridized carbons (Fsp3) is 0.571. The fourth-order valence-electron chi connectivity index (χ4n) is 2.47. The van der Waals surface area contributed by atoms with Crippen molar-refractivity contribution in [3.05, 3.63) is 34.9 Å². The van der Waals surface area contributed by atoms with Gasteiger partial charge in [0.05, 0.1) is 0 Å². The summed E-state index contributed by atoms with van der Waals surface area (Å²) in [6.07, 6.45) is 6.58. The van der Waals surface area contributed by atoms with Gasteiger partial charge in [-0.1, -0.05) is 18.2 Å². The topological polar surface area (TPSA) is 46.2 Å². The van der Waals surface area contributed by atoms with Crippen LogP contribution >= 0.6 is 0 Å². The van der Waals surface area contributed by atoms with Gasteiger partial charge in [0.2, 0.25) is 0 Å². The zero-order valence-electron chi connectivity index (χ0n) is 9.78. The highest BCUT2D eigenvalue weighted by molar-refractivity contribution is 5.36. The molecule has 0 aliphatic heterocycles. The number of aliphatic hydroxyl groups is 1. The van der Waals surface area contributed by atoms with Gasteiger partial charge in [-0.05, 0) is 55.2 Å². The van der Waals surface area contributed by atoms with Gasteiger partial charge in [0.25, 0.3) is 0 Å². The third-order valence-corrected chi connectivity index (χ3v) is 3.47. The molecule has 1 unspecified atom stereocenters. The van der Waals surface area contributed by atoms with E-state index in [0.29, 0.717) is 0 Å². The average Bonchev–Trinajstić information content (AvgIpc) is 2.76. The van der Waals surface area contributed by atoms with Gasteiger partial charge in [0.15, 0.2) is 0 Å². The lowest BCUT2D eigenvalue weighted by Gasteiger charge is -2.13. The van der Waals surface area contributed by atoms with Gasteiger partial charge in [0.1, 0.15) is 0 Å². The number of unbranched alkanes of at least 4 members (excludes halogenated alkanes) is 1. The summed E-state index contributed by atoms with van der Waals surface area (Å²) in [4.78, 5) is 0. The molecular weight excluding hydrogens is 198 g/mol. The molecule has 0 aromatic heterocycles. The lowest BCUT2D eigenvalue weighted by atomic mass is 9.98. The fourth-order valence-corrected chi connectivity index (χ4v) is 2.47. The molecule has 1 aromatic carbocycles. The van der Waals surface area contributed by atoms with Gasteiger partial charge in [-0.2, -0.15) is 0 Å². The van der Waals surface area contributed by atoms with Gasteiger partial charge < -0.3 is 10.8 Å². The van der Waals surface area contributed by atoms with Gasteiger partial charge in [0, 0.05) is 12.6 Å². The number of rotatable bonds is 5. The smallest absolute Gasteiger partial charge is 0.0431 e. The van der Waals surface area contributed by atoms with Crippen molar-refractivity contribution in [2.45, 2.75) is 44.6 Å². The molecule has 0 spiro atoms. The van der Waals surface area contributed by atoms with E-state index in [2.05, 4.69) is 18.2 Å². The van der Waals surface area contributed by atoms with E-state index < -0.39 is 0 Å². The molecule has 1 aliphatic rings. The normalized spacial score (nSPS) is 16.1. The number of aryl methyl sites for hydroxylation is 2. The number of hydrogen-bond donors (Lipinski definition) is 2. The Morgan fingerprint density at radius 1 is 1.19 bits per heavy atom. The third-order valence-electron chi connectivity index (χ3n) is 3.47. The second-order valence-electron chi connectivity index (χ2n) is 4.71. The molecule has 0 heterocycles. The number of hydrogen-bond acceptors (Lipinski definition) is 2. The molecule has 88 valence electrons. The first kappa shape index (κ1) is 11.6. The first-order valence-electron chi connectivity index (χ1n) is 6.29. The van der Waals surface area contributed by atoms with Crippen molar-refractivity contribution in [3.63, 3.8) is 0 Å². The van der Waals surface area contributed by atoms with Crippen LogP contribution in [0.25, 0.3) is 0 Å². The van der Waals surface area contributed by atoms with Crippen molar-refractivity contribution in [1.82, 2.24) is 0 Å². The van der Waals surface area contributed by atoms with Crippen LogP contribution in [0.1, 0.15) is 48.4 Å². The van der Waals surface area contributed by atoms with Gasteiger partial charge in [-0.25, -0.2) is 0 Å². The molecule has 0 fully saturated rings. The second-order valence-corrected chi connectivity index (χ2v) is 4.71. The Bertz CT molecular complexity index is 349. The molecule has 0 amide bonds. The van der Waals surface area contributed by atoms with E-state index in [-0.39, 0.29) is 12.6 Å². The summed E-state index contributed by atoms with van der Waals surface area (Å²) < 4.78 is 0. The van der Waals surface area contributed by atoms with E-state index >= 15 is 0 Å². The largest absolute Gasteiger partial charge is 0.396 e. The summed E-state index contributed by atoms with van der Waals surface area (Å²) in [5, 5.41) is 8.74. The molecule has 3 N–H and O–H groups in total. The minimum atomic E-state index is 0.137. The van der Waals surface area contributed by atoms with Crippen molar-refractivity contribution in [1.29, 1.82) is 0 Å². The average molecular weight is 219 g/mol. The van der Waals surface area contributed by atoms with E-state index in [9.17, 15) is 0 Å². The third kappa shape index (κ3) is 2.63. The lowest BCUT2D eigenvalue weighted by molar-refractivity contribution is 0.281. The van der Waals surface area contributed by atoms with Crippen LogP contribution in [0, 0.1) is 0 Å². The van der Waals surface area contributed by atoms with Crippen molar-refractivity contribution >= 4 is 0 Å². The number of fused-ring (bicyclic) bond motifs is 1. The molecular formula is C14H21NO. The molecule has 0 saturated carbocycles. The lowest BCUT2D eigenvalue weighted by Crippen LogP contribution is -2.10. The summed E-state index contributed by atoms with van der Waals surface area (Å²) in [7, 11) is 0. The SMILES string of the molecule is NC(CCCCO)c1ccc2c(c1)CCC2. The number of aliphatic hydroxyl groups excluding tert-OH is 1. The highest BCUT2D eigenvalue weighted by atomic mass is 16.2. The Morgan fingerprint density at radius 3 is 2.81 bits per heavy atom. The van der Waals surface area contributed by atoms with Crippen molar-refractivity contribution in [2.75, 3.05) is 6.61 Å². The maximum Gasteiger partial charge on any atom is 0.0431 e. The van der Waals surface area contributed by atoms with Crippen LogP contribution in [-0.2, 0) is 12.8 Å². The zero-order chi connectivity index (χ0) is 11.4. The molecule has 1 aromatic rings. The molecule has 1 aliphatic carbocycles. The molecule has 2 heteroatoms. The van der Waals surface area contributed by atoms with Gasteiger partial charge in [-0.15, -0.1) is 0 Å². The number of nitrogens with two attached hydrogens (primary N) is 1. The standard InChI is InChI=1S/C14H21NO/c15-14(6-1-2-9-16)13-8-7-11-4-3-5-12(11)10-13/h7-8,10,14,16H,1-6,9,15H2. The predicted molar refractivity (Wildman–Crippen MR) is 66.3 cm³/mol. The first-order chi connectivity index (χ1) is 7.81. The van der Waals surface area contributed by atoms with E-state index in [1.165, 1.54) is 36.0 Å². The Balaban J connectivity index is 1.98. The molecule has 0 saturated heterocycles. The van der Waals surface area contributed by atoms with Crippen LogP contribution < -0.4 is 5.73 Å². The molecule has 16 heavy (non-hydrogen) atoms. The van der Waals surface area contributed by atoms with Crippen LogP contribution in [-0.4, -0.2) is 11.7 Å². The van der Waals surface area contributed by atoms with E-state index in [0.717, 1.165) is 19.3 Å². The monoisotopic (exact) mass is 219 g/mol. The highest BCUT2D eigenvalue weighted by Gasteiger charge is 2.13. The maximum atomic E-state index is 8.74. The highest BCUT2D eigenvalue weighted by Crippen LogP contribution is 2.26. The summed E-state index contributed by atoms with van der Waals surface area (Å²) in [6, 6.07) is 6.83. The Kier molecular flexibility index (Phi) is 3.97. The first-order valence-corrected chi connectivity index (χ1v) is 6.29. The summed E-state index contributed by atoms with van der Waals surface area (Å²) in [6.45, 7) is 0.275. The molecule has 0 radical (unpaired) electrons. The van der Waals surface area contributed by atoms with Crippen LogP contribution in [0.3, 0.4) is 0 Å². The van der Waals surface area contributed by atoms with Crippen LogP contribution in [0.5, 0.6) is 0 Å². The number of benzene rings is 1. The van der Waals surface area contributed by atoms with E-state index in [4.69, 9.17) is 10.8 Å². The van der Waals surface area contributed by atoms with Crippen LogP contribution in [0.15, 0.2) is 18.2 Å². The molecule has 0 bridgehead atoms. The van der Waals surface area contributed by atoms with Crippen molar-refractivity contribution in [3.8, 4) is 0 Å². The quantitative estimate of drug-likeness (QED) is 0.747. The Hall–Kier alpha value is -0.860. The van der Waals surface area contributed by atoms with Gasteiger partial charge in [-0.3, -0.25) is 0 Å². The molecule has 2 rings (SSSR count). The molecule has 2 nitrogen and oxygen atoms in total. The van der Waals surface area contributed by atoms with Crippen LogP contribution in [0.2, 0.25) is 0 Å². The van der Waals surface area contributed by atoms with Crippen molar-refractivity contribution in [2.24, 2.45) is 5.73 Å². The van der Waals surface area contributed by atoms with E-state index in [1.54, 1.807) is 0 Å². The van der Waals surface area contributed by atoms with E-state index in [1.807, 2.05) is 0 Å². The summed E-state index contributed by atoms with van der Waals surface area (Å²) in [5.41, 5.74) is 10.4. The molecule has 1 atom stereocenters. The maximum absolute atomic E-state index is 8.74. The second kappa shape index (κ2) is 5.46. The van der Waals surface area contributed by atoms with Gasteiger partial charge >= 0.3 is 0 Å². The summed E-state index contributed by atoms with van der Waals surface area (Å²) >= 11 is 0.